The number of nitrogens with zero attached hydrogens (tertiary/aromatic N) is 4. The summed E-state index contributed by atoms with van der Waals surface area (Å²) in [6.07, 6.45) is 4.64. The third kappa shape index (κ3) is 3.62. The largest absolute Gasteiger partial charge is 0.481 e. The smallest absolute Gasteiger partial charge is 0.313 e. The van der Waals surface area contributed by atoms with Gasteiger partial charge in [-0.15, -0.1) is 10.2 Å². The first kappa shape index (κ1) is 14.2. The van der Waals surface area contributed by atoms with Crippen molar-refractivity contribution in [2.24, 2.45) is 0 Å². The second kappa shape index (κ2) is 6.79. The molecule has 1 fully saturated rings. The van der Waals surface area contributed by atoms with Gasteiger partial charge in [0, 0.05) is 19.6 Å². The zero-order valence-corrected chi connectivity index (χ0v) is 12.0. The molecule has 106 valence electrons. The van der Waals surface area contributed by atoms with Crippen molar-refractivity contribution >= 4 is 23.7 Å². The molecule has 2 heterocycles. The Bertz CT molecular complexity index is 429. The van der Waals surface area contributed by atoms with Gasteiger partial charge in [-0.3, -0.25) is 9.36 Å². The highest BCUT2D eigenvalue weighted by Crippen LogP contribution is 2.24. The Balaban J connectivity index is 2.15. The van der Waals surface area contributed by atoms with Crippen LogP contribution in [-0.2, 0) is 11.3 Å². The van der Waals surface area contributed by atoms with Crippen molar-refractivity contribution in [2.45, 2.75) is 44.3 Å². The molecule has 0 radical (unpaired) electrons. The Kier molecular flexibility index (Phi) is 5.07. The summed E-state index contributed by atoms with van der Waals surface area (Å²) in [4.78, 5) is 12.9. The number of carboxylic acids is 1. The maximum Gasteiger partial charge on any atom is 0.313 e. The summed E-state index contributed by atoms with van der Waals surface area (Å²) in [5.74, 6) is 0.104. The van der Waals surface area contributed by atoms with E-state index in [1.54, 1.807) is 0 Å². The maximum atomic E-state index is 10.7. The number of carbonyl (C=O) groups is 1. The van der Waals surface area contributed by atoms with E-state index in [2.05, 4.69) is 26.6 Å². The Labute approximate surface area is 117 Å². The van der Waals surface area contributed by atoms with Crippen LogP contribution in [-0.4, -0.2) is 44.7 Å². The lowest BCUT2D eigenvalue weighted by atomic mass is 10.1. The third-order valence-corrected chi connectivity index (χ3v) is 4.06. The van der Waals surface area contributed by atoms with Gasteiger partial charge in [0.1, 0.15) is 0 Å². The van der Waals surface area contributed by atoms with Gasteiger partial charge >= 0.3 is 5.97 Å². The average Bonchev–Trinajstić information content (AvgIpc) is 2.81. The fraction of sp³-hybridized carbons (Fsp3) is 0.750. The molecule has 0 spiro atoms. The van der Waals surface area contributed by atoms with E-state index in [1.165, 1.54) is 31.0 Å². The van der Waals surface area contributed by atoms with Crippen molar-refractivity contribution in [1.29, 1.82) is 0 Å². The van der Waals surface area contributed by atoms with Gasteiger partial charge in [0.05, 0.1) is 5.75 Å². The van der Waals surface area contributed by atoms with E-state index in [9.17, 15) is 4.79 Å². The lowest BCUT2D eigenvalue weighted by Crippen LogP contribution is -2.32. The number of anilines is 1. The van der Waals surface area contributed by atoms with Crippen LogP contribution in [0.3, 0.4) is 0 Å². The highest BCUT2D eigenvalue weighted by atomic mass is 32.2. The molecule has 1 saturated heterocycles. The summed E-state index contributed by atoms with van der Waals surface area (Å²) in [7, 11) is 0. The SMILES string of the molecule is CCCn1c(SCC(=O)O)nnc1N1CCCCC1. The minimum absolute atomic E-state index is 0.0296. The summed E-state index contributed by atoms with van der Waals surface area (Å²) in [6.45, 7) is 4.98. The molecule has 1 aromatic rings. The predicted molar refractivity (Wildman–Crippen MR) is 74.7 cm³/mol. The highest BCUT2D eigenvalue weighted by molar-refractivity contribution is 7.99. The van der Waals surface area contributed by atoms with Gasteiger partial charge in [-0.1, -0.05) is 18.7 Å². The number of hydrogen-bond acceptors (Lipinski definition) is 5. The first-order chi connectivity index (χ1) is 9.22. The van der Waals surface area contributed by atoms with Crippen LogP contribution in [0.4, 0.5) is 5.95 Å². The number of hydrogen-bond donors (Lipinski definition) is 1. The van der Waals surface area contributed by atoms with Gasteiger partial charge < -0.3 is 10.0 Å². The van der Waals surface area contributed by atoms with E-state index in [-0.39, 0.29) is 5.75 Å². The Morgan fingerprint density at radius 2 is 2.05 bits per heavy atom. The van der Waals surface area contributed by atoms with Crippen LogP contribution >= 0.6 is 11.8 Å². The molecular formula is C12H20N4O2S. The van der Waals surface area contributed by atoms with E-state index in [1.807, 2.05) is 0 Å². The molecule has 0 saturated carbocycles. The summed E-state index contributed by atoms with van der Waals surface area (Å²) in [6, 6.07) is 0. The van der Waals surface area contributed by atoms with Crippen molar-refractivity contribution in [3.63, 3.8) is 0 Å². The van der Waals surface area contributed by atoms with Crippen LogP contribution in [0.15, 0.2) is 5.16 Å². The second-order valence-electron chi connectivity index (χ2n) is 4.66. The van der Waals surface area contributed by atoms with E-state index in [4.69, 9.17) is 5.11 Å². The number of aliphatic carboxylic acids is 1. The number of thioether (sulfide) groups is 1. The van der Waals surface area contributed by atoms with Crippen molar-refractivity contribution in [1.82, 2.24) is 14.8 Å². The van der Waals surface area contributed by atoms with Gasteiger partial charge in [-0.2, -0.15) is 0 Å². The molecule has 7 heteroatoms. The molecular weight excluding hydrogens is 264 g/mol. The first-order valence-corrected chi connectivity index (χ1v) is 7.73. The summed E-state index contributed by atoms with van der Waals surface area (Å²) < 4.78 is 2.05. The van der Waals surface area contributed by atoms with Gasteiger partial charge in [-0.25, -0.2) is 0 Å². The maximum absolute atomic E-state index is 10.7. The van der Waals surface area contributed by atoms with E-state index in [0.717, 1.165) is 32.0 Å². The van der Waals surface area contributed by atoms with Gasteiger partial charge in [0.15, 0.2) is 5.16 Å². The van der Waals surface area contributed by atoms with Crippen LogP contribution in [0.1, 0.15) is 32.6 Å². The fourth-order valence-corrected chi connectivity index (χ4v) is 2.94. The second-order valence-corrected chi connectivity index (χ2v) is 5.61. The lowest BCUT2D eigenvalue weighted by Gasteiger charge is -2.27. The quantitative estimate of drug-likeness (QED) is 0.804. The Morgan fingerprint density at radius 1 is 1.32 bits per heavy atom. The van der Waals surface area contributed by atoms with Crippen LogP contribution in [0.25, 0.3) is 0 Å². The first-order valence-electron chi connectivity index (χ1n) is 6.75. The standard InChI is InChI=1S/C12H20N4O2S/c1-2-6-16-11(15-7-4-3-5-8-15)13-14-12(16)19-9-10(17)18/h2-9H2,1H3,(H,17,18). The molecule has 1 aromatic heterocycles. The number of rotatable bonds is 6. The lowest BCUT2D eigenvalue weighted by molar-refractivity contribution is -0.133. The van der Waals surface area contributed by atoms with E-state index >= 15 is 0 Å². The Morgan fingerprint density at radius 3 is 2.68 bits per heavy atom. The van der Waals surface area contributed by atoms with Crippen molar-refractivity contribution in [3.05, 3.63) is 0 Å². The summed E-state index contributed by atoms with van der Waals surface area (Å²) in [5, 5.41) is 17.9. The molecule has 0 atom stereocenters. The normalized spacial score (nSPS) is 15.7. The van der Waals surface area contributed by atoms with E-state index in [0.29, 0.717) is 5.16 Å². The van der Waals surface area contributed by atoms with Gasteiger partial charge in [0.2, 0.25) is 5.95 Å². The fourth-order valence-electron chi connectivity index (χ4n) is 2.26. The summed E-state index contributed by atoms with van der Waals surface area (Å²) >= 11 is 1.24. The van der Waals surface area contributed by atoms with Gasteiger partial charge in [0.25, 0.3) is 0 Å². The van der Waals surface area contributed by atoms with Crippen molar-refractivity contribution < 1.29 is 9.90 Å². The van der Waals surface area contributed by atoms with Crippen LogP contribution in [0.2, 0.25) is 0 Å². The van der Waals surface area contributed by atoms with Crippen molar-refractivity contribution in [3.8, 4) is 0 Å². The minimum atomic E-state index is -0.824. The molecule has 0 amide bonds. The molecule has 1 aliphatic heterocycles. The van der Waals surface area contributed by atoms with Crippen LogP contribution in [0.5, 0.6) is 0 Å². The molecule has 0 unspecified atom stereocenters. The highest BCUT2D eigenvalue weighted by Gasteiger charge is 2.20. The third-order valence-electron chi connectivity index (χ3n) is 3.11. The molecule has 19 heavy (non-hydrogen) atoms. The predicted octanol–water partition coefficient (Wildman–Crippen LogP) is 1.86. The minimum Gasteiger partial charge on any atom is -0.481 e. The average molecular weight is 284 g/mol. The number of carboxylic acid groups (broad SMARTS) is 1. The molecule has 2 rings (SSSR count). The molecule has 0 aromatic carbocycles. The van der Waals surface area contributed by atoms with Gasteiger partial charge in [-0.05, 0) is 25.7 Å². The van der Waals surface area contributed by atoms with Crippen LogP contribution < -0.4 is 4.90 Å². The van der Waals surface area contributed by atoms with Crippen LogP contribution in [0, 0.1) is 0 Å². The zero-order chi connectivity index (χ0) is 13.7. The van der Waals surface area contributed by atoms with E-state index < -0.39 is 5.97 Å². The Hall–Kier alpha value is -1.24. The number of piperidine rings is 1. The molecule has 0 aliphatic carbocycles. The number of aromatic nitrogens is 3. The topological polar surface area (TPSA) is 71.2 Å². The zero-order valence-electron chi connectivity index (χ0n) is 11.2. The monoisotopic (exact) mass is 284 g/mol. The molecule has 1 aliphatic rings. The summed E-state index contributed by atoms with van der Waals surface area (Å²) in [5.41, 5.74) is 0. The molecule has 0 bridgehead atoms. The molecule has 6 nitrogen and oxygen atoms in total. The molecule has 1 N–H and O–H groups in total. The van der Waals surface area contributed by atoms with Crippen molar-refractivity contribution in [2.75, 3.05) is 23.7 Å².